The first kappa shape index (κ1) is 19.9. The summed E-state index contributed by atoms with van der Waals surface area (Å²) in [5.74, 6) is -0.565. The number of carbonyl (C=O) groups is 1. The number of benzene rings is 2. The molecule has 0 radical (unpaired) electrons. The highest BCUT2D eigenvalue weighted by Gasteiger charge is 2.30. The maximum absolute atomic E-state index is 12.7. The van der Waals surface area contributed by atoms with Crippen LogP contribution in [0.25, 0.3) is 0 Å². The standard InChI is InChI=1S/C21H21F3N2O2/c1-2-28-20(25-18-9-5-7-14-6-3-4-8-17(14)18)26-19(27)15-10-12-16(13-11-15)21(22,23)24/h3-4,6,8,10-13,18H,2,5,7,9H2,1H3,(H,25,26,27). The number of fused-ring (bicyclic) bond motifs is 1. The molecule has 7 heteroatoms. The van der Waals surface area contributed by atoms with Crippen molar-refractivity contribution in [2.24, 2.45) is 4.99 Å². The van der Waals surface area contributed by atoms with E-state index in [4.69, 9.17) is 4.74 Å². The van der Waals surface area contributed by atoms with E-state index in [1.54, 1.807) is 6.92 Å². The molecule has 2 aromatic rings. The zero-order valence-electron chi connectivity index (χ0n) is 15.4. The third-order valence-electron chi connectivity index (χ3n) is 4.59. The number of hydrogen-bond acceptors (Lipinski definition) is 3. The Bertz CT molecular complexity index is 861. The normalized spacial score (nSPS) is 17.0. The molecule has 0 spiro atoms. The van der Waals surface area contributed by atoms with Crippen molar-refractivity contribution in [3.05, 3.63) is 70.8 Å². The van der Waals surface area contributed by atoms with Crippen molar-refractivity contribution in [3.63, 3.8) is 0 Å². The van der Waals surface area contributed by atoms with Crippen LogP contribution in [-0.4, -0.2) is 18.5 Å². The van der Waals surface area contributed by atoms with Gasteiger partial charge in [-0.15, -0.1) is 0 Å². The fraction of sp³-hybridized carbons (Fsp3) is 0.333. The quantitative estimate of drug-likeness (QED) is 0.598. The van der Waals surface area contributed by atoms with Gasteiger partial charge in [-0.3, -0.25) is 10.1 Å². The molecule has 2 aromatic carbocycles. The predicted octanol–water partition coefficient (Wildman–Crippen LogP) is 4.91. The van der Waals surface area contributed by atoms with Gasteiger partial charge in [0.25, 0.3) is 11.9 Å². The van der Waals surface area contributed by atoms with Crippen LogP contribution in [0, 0.1) is 0 Å². The van der Waals surface area contributed by atoms with Crippen LogP contribution in [-0.2, 0) is 17.3 Å². The highest BCUT2D eigenvalue weighted by molar-refractivity contribution is 6.04. The number of carbonyl (C=O) groups excluding carboxylic acids is 1. The first-order valence-corrected chi connectivity index (χ1v) is 9.15. The summed E-state index contributed by atoms with van der Waals surface area (Å²) in [7, 11) is 0. The summed E-state index contributed by atoms with van der Waals surface area (Å²) in [4.78, 5) is 17.0. The fourth-order valence-electron chi connectivity index (χ4n) is 3.23. The molecule has 1 N–H and O–H groups in total. The van der Waals surface area contributed by atoms with Gasteiger partial charge in [-0.2, -0.15) is 13.2 Å². The lowest BCUT2D eigenvalue weighted by molar-refractivity contribution is -0.137. The number of aliphatic imine (C=N–C) groups is 1. The van der Waals surface area contributed by atoms with Gasteiger partial charge >= 0.3 is 6.18 Å². The lowest BCUT2D eigenvalue weighted by Crippen LogP contribution is -2.33. The Labute approximate surface area is 161 Å². The molecule has 0 saturated heterocycles. The second-order valence-corrected chi connectivity index (χ2v) is 6.50. The van der Waals surface area contributed by atoms with E-state index >= 15 is 0 Å². The Morgan fingerprint density at radius 2 is 1.89 bits per heavy atom. The van der Waals surface area contributed by atoms with Crippen LogP contribution in [0.5, 0.6) is 0 Å². The summed E-state index contributed by atoms with van der Waals surface area (Å²) < 4.78 is 43.5. The minimum Gasteiger partial charge on any atom is -0.465 e. The van der Waals surface area contributed by atoms with Crippen molar-refractivity contribution < 1.29 is 22.7 Å². The largest absolute Gasteiger partial charge is 0.465 e. The minimum atomic E-state index is -4.44. The molecule has 0 saturated carbocycles. The third kappa shape index (κ3) is 4.71. The monoisotopic (exact) mass is 390 g/mol. The van der Waals surface area contributed by atoms with E-state index in [-0.39, 0.29) is 17.6 Å². The van der Waals surface area contributed by atoms with Crippen LogP contribution in [0.1, 0.15) is 52.9 Å². The van der Waals surface area contributed by atoms with Crippen LogP contribution in [0.4, 0.5) is 13.2 Å². The molecule has 148 valence electrons. The lowest BCUT2D eigenvalue weighted by Gasteiger charge is -2.23. The van der Waals surface area contributed by atoms with Crippen molar-refractivity contribution in [1.29, 1.82) is 0 Å². The molecule has 1 amide bonds. The Morgan fingerprint density at radius 3 is 2.57 bits per heavy atom. The van der Waals surface area contributed by atoms with Crippen molar-refractivity contribution in [3.8, 4) is 0 Å². The van der Waals surface area contributed by atoms with Crippen molar-refractivity contribution in [2.45, 2.75) is 38.4 Å². The second kappa shape index (κ2) is 8.46. The number of ether oxygens (including phenoxy) is 1. The average Bonchev–Trinajstić information content (AvgIpc) is 2.68. The summed E-state index contributed by atoms with van der Waals surface area (Å²) in [6.07, 6.45) is -1.63. The summed E-state index contributed by atoms with van der Waals surface area (Å²) >= 11 is 0. The molecule has 1 aliphatic rings. The zero-order chi connectivity index (χ0) is 20.1. The number of nitrogens with zero attached hydrogens (tertiary/aromatic N) is 1. The number of hydrogen-bond donors (Lipinski definition) is 1. The number of alkyl halides is 3. The van der Waals surface area contributed by atoms with Crippen LogP contribution >= 0.6 is 0 Å². The molecule has 0 fully saturated rings. The Hall–Kier alpha value is -2.83. The molecule has 1 atom stereocenters. The zero-order valence-corrected chi connectivity index (χ0v) is 15.4. The topological polar surface area (TPSA) is 50.7 Å². The smallest absolute Gasteiger partial charge is 0.416 e. The summed E-state index contributed by atoms with van der Waals surface area (Å²) in [5.41, 5.74) is 1.63. The molecule has 0 bridgehead atoms. The average molecular weight is 390 g/mol. The Kier molecular flexibility index (Phi) is 6.02. The van der Waals surface area contributed by atoms with Gasteiger partial charge in [0.1, 0.15) is 0 Å². The molecule has 3 rings (SSSR count). The van der Waals surface area contributed by atoms with Crippen LogP contribution in [0.15, 0.2) is 53.5 Å². The van der Waals surface area contributed by atoms with E-state index in [0.717, 1.165) is 49.1 Å². The van der Waals surface area contributed by atoms with E-state index in [2.05, 4.69) is 16.4 Å². The number of rotatable bonds is 3. The van der Waals surface area contributed by atoms with Gasteiger partial charge in [0.05, 0.1) is 18.2 Å². The molecule has 0 aliphatic heterocycles. The third-order valence-corrected chi connectivity index (χ3v) is 4.59. The van der Waals surface area contributed by atoms with Gasteiger partial charge < -0.3 is 4.74 Å². The number of aryl methyl sites for hydroxylation is 1. The molecule has 0 heterocycles. The molecule has 0 aromatic heterocycles. The highest BCUT2D eigenvalue weighted by Crippen LogP contribution is 2.32. The molecule has 28 heavy (non-hydrogen) atoms. The highest BCUT2D eigenvalue weighted by atomic mass is 19.4. The van der Waals surface area contributed by atoms with Crippen LogP contribution < -0.4 is 5.32 Å². The maximum Gasteiger partial charge on any atom is 0.416 e. The Morgan fingerprint density at radius 1 is 1.18 bits per heavy atom. The Balaban J connectivity index is 1.78. The first-order chi connectivity index (χ1) is 13.4. The molecular weight excluding hydrogens is 369 g/mol. The van der Waals surface area contributed by atoms with Gasteiger partial charge in [-0.1, -0.05) is 24.3 Å². The van der Waals surface area contributed by atoms with Gasteiger partial charge in [0, 0.05) is 5.56 Å². The number of amides is 1. The molecule has 4 nitrogen and oxygen atoms in total. The van der Waals surface area contributed by atoms with E-state index in [0.29, 0.717) is 6.61 Å². The van der Waals surface area contributed by atoms with Gasteiger partial charge in [-0.25, -0.2) is 4.99 Å². The minimum absolute atomic E-state index is 0.0779. The molecule has 1 unspecified atom stereocenters. The lowest BCUT2D eigenvalue weighted by atomic mass is 9.88. The van der Waals surface area contributed by atoms with Crippen molar-refractivity contribution in [1.82, 2.24) is 5.32 Å². The second-order valence-electron chi connectivity index (χ2n) is 6.50. The number of amidine groups is 1. The number of halogens is 3. The fourth-order valence-corrected chi connectivity index (χ4v) is 3.23. The van der Waals surface area contributed by atoms with Crippen molar-refractivity contribution in [2.75, 3.05) is 6.61 Å². The molecule has 1 aliphatic carbocycles. The summed E-state index contributed by atoms with van der Waals surface area (Å²) in [5, 5.41) is 2.58. The predicted molar refractivity (Wildman–Crippen MR) is 100 cm³/mol. The van der Waals surface area contributed by atoms with E-state index < -0.39 is 17.6 Å². The summed E-state index contributed by atoms with van der Waals surface area (Å²) in [6, 6.07) is 12.0. The van der Waals surface area contributed by atoms with E-state index in [9.17, 15) is 18.0 Å². The van der Waals surface area contributed by atoms with E-state index in [1.807, 2.05) is 18.2 Å². The van der Waals surface area contributed by atoms with E-state index in [1.165, 1.54) is 5.56 Å². The van der Waals surface area contributed by atoms with Crippen LogP contribution in [0.2, 0.25) is 0 Å². The molecular formula is C21H21F3N2O2. The SMILES string of the molecule is CCOC(=NC1CCCc2ccccc21)NC(=O)c1ccc(C(F)(F)F)cc1. The van der Waals surface area contributed by atoms with Gasteiger partial charge in [-0.05, 0) is 61.6 Å². The van der Waals surface area contributed by atoms with Gasteiger partial charge in [0.15, 0.2) is 0 Å². The maximum atomic E-state index is 12.7. The van der Waals surface area contributed by atoms with Gasteiger partial charge in [0.2, 0.25) is 0 Å². The summed E-state index contributed by atoms with van der Waals surface area (Å²) in [6.45, 7) is 2.08. The number of nitrogens with one attached hydrogen (secondary N) is 1. The first-order valence-electron chi connectivity index (χ1n) is 9.15. The van der Waals surface area contributed by atoms with Crippen LogP contribution in [0.3, 0.4) is 0 Å². The van der Waals surface area contributed by atoms with Crippen molar-refractivity contribution >= 4 is 11.9 Å².